The Morgan fingerprint density at radius 2 is 2.11 bits per heavy atom. The third kappa shape index (κ3) is 2.13. The van der Waals surface area contributed by atoms with Crippen LogP contribution >= 0.6 is 0 Å². The van der Waals surface area contributed by atoms with Crippen LogP contribution < -0.4 is 11.5 Å². The highest BCUT2D eigenvalue weighted by atomic mass is 19.1. The maximum atomic E-state index is 13.1. The fraction of sp³-hybridized carbons (Fsp3) is 0.333. The van der Waals surface area contributed by atoms with E-state index in [0.717, 1.165) is 6.07 Å². The van der Waals surface area contributed by atoms with Crippen LogP contribution in [-0.2, 0) is 4.79 Å². The Morgan fingerprint density at radius 3 is 2.78 bits per heavy atom. The van der Waals surface area contributed by atoms with Gasteiger partial charge < -0.3 is 16.4 Å². The molecule has 18 heavy (non-hydrogen) atoms. The van der Waals surface area contributed by atoms with Gasteiger partial charge in [-0.05, 0) is 31.0 Å². The maximum absolute atomic E-state index is 13.1. The molecule has 2 amide bonds. The minimum Gasteiger partial charge on any atom is -0.398 e. The molecule has 0 radical (unpaired) electrons. The van der Waals surface area contributed by atoms with Crippen molar-refractivity contribution in [3.8, 4) is 0 Å². The Morgan fingerprint density at radius 1 is 1.39 bits per heavy atom. The van der Waals surface area contributed by atoms with Gasteiger partial charge in [-0.15, -0.1) is 0 Å². The monoisotopic (exact) mass is 251 g/mol. The van der Waals surface area contributed by atoms with Crippen LogP contribution in [0.3, 0.4) is 0 Å². The molecule has 1 atom stereocenters. The second-order valence-corrected chi connectivity index (χ2v) is 4.29. The Balaban J connectivity index is 2.31. The number of carbonyl (C=O) groups excluding carboxylic acids is 2. The number of carbonyl (C=O) groups is 2. The van der Waals surface area contributed by atoms with Crippen LogP contribution in [0.2, 0.25) is 0 Å². The average molecular weight is 251 g/mol. The predicted octanol–water partition coefficient (Wildman–Crippen LogP) is 0.498. The summed E-state index contributed by atoms with van der Waals surface area (Å²) in [5.74, 6) is -1.54. The zero-order valence-electron chi connectivity index (χ0n) is 9.73. The molecule has 6 heteroatoms. The smallest absolute Gasteiger partial charge is 0.256 e. The zero-order chi connectivity index (χ0) is 13.3. The lowest BCUT2D eigenvalue weighted by atomic mass is 10.1. The van der Waals surface area contributed by atoms with Gasteiger partial charge in [-0.1, -0.05) is 0 Å². The highest BCUT2D eigenvalue weighted by Gasteiger charge is 2.33. The van der Waals surface area contributed by atoms with Gasteiger partial charge in [-0.25, -0.2) is 4.39 Å². The van der Waals surface area contributed by atoms with Crippen molar-refractivity contribution in [1.82, 2.24) is 4.90 Å². The number of hydrogen-bond donors (Lipinski definition) is 2. The number of anilines is 1. The number of rotatable bonds is 2. The first kappa shape index (κ1) is 12.3. The fourth-order valence-electron chi connectivity index (χ4n) is 2.17. The molecule has 1 fully saturated rings. The summed E-state index contributed by atoms with van der Waals surface area (Å²) in [6, 6.07) is 2.97. The summed E-state index contributed by atoms with van der Waals surface area (Å²) >= 11 is 0. The minimum atomic E-state index is -0.625. The molecule has 0 bridgehead atoms. The number of benzene rings is 1. The zero-order valence-corrected chi connectivity index (χ0v) is 9.73. The SMILES string of the molecule is NC(=O)C1CCCN1C(=O)c1cc(F)ccc1N. The number of nitrogens with two attached hydrogens (primary N) is 2. The van der Waals surface area contributed by atoms with Gasteiger partial charge in [0.25, 0.3) is 5.91 Å². The third-order valence-electron chi connectivity index (χ3n) is 3.09. The second kappa shape index (κ2) is 4.64. The van der Waals surface area contributed by atoms with Gasteiger partial charge >= 0.3 is 0 Å². The summed E-state index contributed by atoms with van der Waals surface area (Å²) in [6.45, 7) is 0.433. The van der Waals surface area contributed by atoms with E-state index in [2.05, 4.69) is 0 Å². The van der Waals surface area contributed by atoms with Crippen molar-refractivity contribution in [1.29, 1.82) is 0 Å². The van der Waals surface area contributed by atoms with Gasteiger partial charge in [0.2, 0.25) is 5.91 Å². The molecule has 1 unspecified atom stereocenters. The predicted molar refractivity (Wildman–Crippen MR) is 64.1 cm³/mol. The molecule has 0 aromatic heterocycles. The molecule has 1 aliphatic rings. The topological polar surface area (TPSA) is 89.4 Å². The Hall–Kier alpha value is -2.11. The molecule has 1 saturated heterocycles. The molecule has 1 heterocycles. The van der Waals surface area contributed by atoms with Crippen LogP contribution in [-0.4, -0.2) is 29.3 Å². The van der Waals surface area contributed by atoms with Crippen molar-refractivity contribution in [2.45, 2.75) is 18.9 Å². The van der Waals surface area contributed by atoms with E-state index >= 15 is 0 Å². The summed E-state index contributed by atoms with van der Waals surface area (Å²) in [7, 11) is 0. The molecule has 0 saturated carbocycles. The van der Waals surface area contributed by atoms with Crippen molar-refractivity contribution in [3.63, 3.8) is 0 Å². The number of nitrogens with zero attached hydrogens (tertiary/aromatic N) is 1. The number of primary amides is 1. The summed E-state index contributed by atoms with van der Waals surface area (Å²) in [6.07, 6.45) is 1.24. The Labute approximate surface area is 104 Å². The summed E-state index contributed by atoms with van der Waals surface area (Å²) in [5, 5.41) is 0. The lowest BCUT2D eigenvalue weighted by molar-refractivity contribution is -0.121. The molecular formula is C12H14FN3O2. The first-order chi connectivity index (χ1) is 8.50. The van der Waals surface area contributed by atoms with Crippen LogP contribution in [0, 0.1) is 5.82 Å². The van der Waals surface area contributed by atoms with E-state index in [1.807, 2.05) is 0 Å². The number of nitrogen functional groups attached to an aromatic ring is 1. The largest absolute Gasteiger partial charge is 0.398 e. The fourth-order valence-corrected chi connectivity index (χ4v) is 2.17. The van der Waals surface area contributed by atoms with E-state index in [-0.39, 0.29) is 11.3 Å². The molecule has 1 aromatic rings. The number of likely N-dealkylation sites (tertiary alicyclic amines) is 1. The number of amides is 2. The van der Waals surface area contributed by atoms with Gasteiger partial charge in [0, 0.05) is 12.2 Å². The second-order valence-electron chi connectivity index (χ2n) is 4.29. The van der Waals surface area contributed by atoms with Crippen LogP contribution in [0.15, 0.2) is 18.2 Å². The highest BCUT2D eigenvalue weighted by molar-refractivity contribution is 6.01. The molecular weight excluding hydrogens is 237 g/mol. The van der Waals surface area contributed by atoms with E-state index in [1.165, 1.54) is 17.0 Å². The van der Waals surface area contributed by atoms with Crippen LogP contribution in [0.5, 0.6) is 0 Å². The lowest BCUT2D eigenvalue weighted by Gasteiger charge is -2.22. The normalized spacial score (nSPS) is 18.9. The molecule has 2 rings (SSSR count). The first-order valence-electron chi connectivity index (χ1n) is 5.66. The van der Waals surface area contributed by atoms with E-state index in [0.29, 0.717) is 19.4 Å². The number of hydrogen-bond acceptors (Lipinski definition) is 3. The van der Waals surface area contributed by atoms with Crippen LogP contribution in [0.25, 0.3) is 0 Å². The van der Waals surface area contributed by atoms with Gasteiger partial charge in [0.05, 0.1) is 5.56 Å². The molecule has 0 spiro atoms. The van der Waals surface area contributed by atoms with Crippen molar-refractivity contribution < 1.29 is 14.0 Å². The van der Waals surface area contributed by atoms with Gasteiger partial charge in [-0.2, -0.15) is 0 Å². The standard InChI is InChI=1S/C12H14FN3O2/c13-7-3-4-9(14)8(6-7)12(18)16-5-1-2-10(16)11(15)17/h3-4,6,10H,1-2,5,14H2,(H2,15,17). The van der Waals surface area contributed by atoms with Gasteiger partial charge in [-0.3, -0.25) is 9.59 Å². The molecule has 1 aliphatic heterocycles. The first-order valence-corrected chi connectivity index (χ1v) is 5.66. The number of halogens is 1. The van der Waals surface area contributed by atoms with E-state index in [1.54, 1.807) is 0 Å². The molecule has 5 nitrogen and oxygen atoms in total. The minimum absolute atomic E-state index is 0.0724. The Bertz CT molecular complexity index is 504. The summed E-state index contributed by atoms with van der Waals surface area (Å²) in [4.78, 5) is 24.8. The summed E-state index contributed by atoms with van der Waals surface area (Å²) in [5.41, 5.74) is 11.1. The highest BCUT2D eigenvalue weighted by Crippen LogP contribution is 2.23. The average Bonchev–Trinajstić information content (AvgIpc) is 2.80. The van der Waals surface area contributed by atoms with Crippen molar-refractivity contribution in [3.05, 3.63) is 29.6 Å². The quantitative estimate of drug-likeness (QED) is 0.750. The van der Waals surface area contributed by atoms with Crippen molar-refractivity contribution >= 4 is 17.5 Å². The molecule has 4 N–H and O–H groups in total. The molecule has 1 aromatic carbocycles. The van der Waals surface area contributed by atoms with Gasteiger partial charge in [0.1, 0.15) is 11.9 Å². The Kier molecular flexibility index (Phi) is 3.18. The van der Waals surface area contributed by atoms with Crippen molar-refractivity contribution in [2.75, 3.05) is 12.3 Å². The lowest BCUT2D eigenvalue weighted by Crippen LogP contribution is -2.43. The molecule has 0 aliphatic carbocycles. The van der Waals surface area contributed by atoms with Crippen LogP contribution in [0.4, 0.5) is 10.1 Å². The molecule has 96 valence electrons. The third-order valence-corrected chi connectivity index (χ3v) is 3.09. The van der Waals surface area contributed by atoms with Crippen molar-refractivity contribution in [2.24, 2.45) is 5.73 Å². The summed E-state index contributed by atoms with van der Waals surface area (Å²) < 4.78 is 13.1. The van der Waals surface area contributed by atoms with Crippen LogP contribution in [0.1, 0.15) is 23.2 Å². The van der Waals surface area contributed by atoms with Gasteiger partial charge in [0.15, 0.2) is 0 Å². The van der Waals surface area contributed by atoms with E-state index in [9.17, 15) is 14.0 Å². The maximum Gasteiger partial charge on any atom is 0.256 e. The van der Waals surface area contributed by atoms with E-state index in [4.69, 9.17) is 11.5 Å². The van der Waals surface area contributed by atoms with E-state index < -0.39 is 23.7 Å².